The Morgan fingerprint density at radius 1 is 1.03 bits per heavy atom. The maximum Gasteiger partial charge on any atom is 0.343 e. The van der Waals surface area contributed by atoms with Crippen LogP contribution < -0.4 is 24.4 Å². The molecule has 0 aromatic heterocycles. The van der Waals surface area contributed by atoms with Crippen molar-refractivity contribution in [3.63, 3.8) is 0 Å². The minimum Gasteiger partial charge on any atom is -0.497 e. The molecule has 0 aliphatic rings. The van der Waals surface area contributed by atoms with Gasteiger partial charge in [-0.3, -0.25) is 14.9 Å². The Labute approximate surface area is 212 Å². The highest BCUT2D eigenvalue weighted by molar-refractivity contribution is 5.92. The first-order valence-electron chi connectivity index (χ1n) is 11.2. The summed E-state index contributed by atoms with van der Waals surface area (Å²) in [5.41, 5.74) is 3.22. The highest BCUT2D eigenvalue weighted by Crippen LogP contribution is 2.29. The van der Waals surface area contributed by atoms with Crippen LogP contribution in [0.5, 0.6) is 23.0 Å². The van der Waals surface area contributed by atoms with Crippen LogP contribution in [0.1, 0.15) is 29.8 Å². The first kappa shape index (κ1) is 26.7. The van der Waals surface area contributed by atoms with E-state index in [9.17, 15) is 19.7 Å². The number of non-ortho nitro benzene ring substituents is 1. The lowest BCUT2D eigenvalue weighted by Gasteiger charge is -2.13. The molecular formula is C26H25N3O8. The summed E-state index contributed by atoms with van der Waals surface area (Å²) in [5, 5.41) is 14.7. The number of nitro groups is 1. The molecule has 0 aliphatic heterocycles. The molecule has 0 bridgehead atoms. The van der Waals surface area contributed by atoms with E-state index < -0.39 is 22.9 Å². The zero-order chi connectivity index (χ0) is 26.8. The number of nitrogens with one attached hydrogen (secondary N) is 1. The number of carbonyl (C=O) groups is 2. The summed E-state index contributed by atoms with van der Waals surface area (Å²) in [6, 6.07) is 16.7. The fourth-order valence-corrected chi connectivity index (χ4v) is 3.01. The minimum atomic E-state index is -0.905. The second-order valence-electron chi connectivity index (χ2n) is 7.50. The Bertz CT molecular complexity index is 1270. The number of nitrogens with zero attached hydrogens (tertiary/aromatic N) is 2. The molecule has 1 atom stereocenters. The van der Waals surface area contributed by atoms with Crippen molar-refractivity contribution in [2.45, 2.75) is 20.0 Å². The van der Waals surface area contributed by atoms with Crippen LogP contribution in [-0.4, -0.2) is 42.8 Å². The Morgan fingerprint density at radius 2 is 1.70 bits per heavy atom. The molecule has 0 aliphatic carbocycles. The third kappa shape index (κ3) is 7.52. The van der Waals surface area contributed by atoms with Gasteiger partial charge in [-0.15, -0.1) is 0 Å². The van der Waals surface area contributed by atoms with Crippen LogP contribution in [0.2, 0.25) is 0 Å². The maximum absolute atomic E-state index is 12.5. The van der Waals surface area contributed by atoms with Crippen LogP contribution in [0.15, 0.2) is 71.8 Å². The third-order valence-corrected chi connectivity index (χ3v) is 4.91. The van der Waals surface area contributed by atoms with Crippen LogP contribution in [0.3, 0.4) is 0 Å². The number of esters is 1. The Kier molecular flexibility index (Phi) is 9.14. The van der Waals surface area contributed by atoms with E-state index in [2.05, 4.69) is 10.5 Å². The summed E-state index contributed by atoms with van der Waals surface area (Å²) in [6.07, 6.45) is 0.492. The van der Waals surface area contributed by atoms with E-state index >= 15 is 0 Å². The summed E-state index contributed by atoms with van der Waals surface area (Å²) >= 11 is 0. The Balaban J connectivity index is 1.60. The molecule has 0 heterocycles. The molecule has 3 aromatic carbocycles. The van der Waals surface area contributed by atoms with Crippen molar-refractivity contribution in [1.82, 2.24) is 5.43 Å². The zero-order valence-corrected chi connectivity index (χ0v) is 20.4. The van der Waals surface area contributed by atoms with E-state index in [0.29, 0.717) is 35.0 Å². The third-order valence-electron chi connectivity index (χ3n) is 4.91. The van der Waals surface area contributed by atoms with Gasteiger partial charge in [0.2, 0.25) is 0 Å². The lowest BCUT2D eigenvalue weighted by Crippen LogP contribution is -2.33. The molecule has 0 fully saturated rings. The number of benzene rings is 3. The van der Waals surface area contributed by atoms with Gasteiger partial charge < -0.3 is 18.9 Å². The van der Waals surface area contributed by atoms with Gasteiger partial charge in [0.05, 0.1) is 30.4 Å². The normalized spacial score (nSPS) is 11.4. The minimum absolute atomic E-state index is 0.0815. The van der Waals surface area contributed by atoms with Crippen molar-refractivity contribution < 1.29 is 33.5 Å². The number of hydrogen-bond acceptors (Lipinski definition) is 9. The quantitative estimate of drug-likeness (QED) is 0.134. The standard InChI is InChI=1S/C26H25N3O8/c1-4-35-24-15-18(5-14-23(24)37-26(31)19-6-10-21(34-3)11-7-19)16-27-28-25(30)17(2)36-22-12-8-20(9-13-22)29(32)33/h5-17H,4H2,1-3H3,(H,28,30). The summed E-state index contributed by atoms with van der Waals surface area (Å²) in [4.78, 5) is 35.0. The zero-order valence-electron chi connectivity index (χ0n) is 20.4. The predicted molar refractivity (Wildman–Crippen MR) is 134 cm³/mol. The molecule has 11 nitrogen and oxygen atoms in total. The Hall–Kier alpha value is -4.93. The highest BCUT2D eigenvalue weighted by atomic mass is 16.6. The second-order valence-corrected chi connectivity index (χ2v) is 7.50. The van der Waals surface area contributed by atoms with E-state index in [-0.39, 0.29) is 11.4 Å². The lowest BCUT2D eigenvalue weighted by molar-refractivity contribution is -0.384. The largest absolute Gasteiger partial charge is 0.497 e. The van der Waals surface area contributed by atoms with Crippen molar-refractivity contribution in [2.75, 3.05) is 13.7 Å². The van der Waals surface area contributed by atoms with E-state index in [4.69, 9.17) is 18.9 Å². The summed E-state index contributed by atoms with van der Waals surface area (Å²) in [7, 11) is 1.54. The van der Waals surface area contributed by atoms with Gasteiger partial charge in [-0.2, -0.15) is 5.10 Å². The monoisotopic (exact) mass is 507 g/mol. The number of ether oxygens (including phenoxy) is 4. The van der Waals surface area contributed by atoms with Gasteiger partial charge in [0.15, 0.2) is 17.6 Å². The number of hydrogen-bond donors (Lipinski definition) is 1. The molecule has 1 N–H and O–H groups in total. The second kappa shape index (κ2) is 12.7. The number of carbonyl (C=O) groups excluding carboxylic acids is 2. The Morgan fingerprint density at radius 3 is 2.32 bits per heavy atom. The fraction of sp³-hybridized carbons (Fsp3) is 0.192. The average Bonchev–Trinajstić information content (AvgIpc) is 2.90. The van der Waals surface area contributed by atoms with Gasteiger partial charge in [0, 0.05) is 12.1 Å². The van der Waals surface area contributed by atoms with Crippen LogP contribution in [0.25, 0.3) is 0 Å². The molecular weight excluding hydrogens is 482 g/mol. The molecule has 0 saturated carbocycles. The highest BCUT2D eigenvalue weighted by Gasteiger charge is 2.16. The number of methoxy groups -OCH3 is 1. The van der Waals surface area contributed by atoms with Gasteiger partial charge in [-0.1, -0.05) is 0 Å². The van der Waals surface area contributed by atoms with Crippen molar-refractivity contribution in [1.29, 1.82) is 0 Å². The first-order chi connectivity index (χ1) is 17.8. The molecule has 0 spiro atoms. The number of rotatable bonds is 11. The maximum atomic E-state index is 12.5. The van der Waals surface area contributed by atoms with E-state index in [1.807, 2.05) is 0 Å². The fourth-order valence-electron chi connectivity index (χ4n) is 3.01. The van der Waals surface area contributed by atoms with Crippen LogP contribution in [-0.2, 0) is 4.79 Å². The first-order valence-corrected chi connectivity index (χ1v) is 11.2. The SMILES string of the molecule is CCOc1cc(C=NNC(=O)C(C)Oc2ccc([N+](=O)[O-])cc2)ccc1OC(=O)c1ccc(OC)cc1. The van der Waals surface area contributed by atoms with Crippen molar-refractivity contribution in [3.05, 3.63) is 88.0 Å². The molecule has 11 heteroatoms. The van der Waals surface area contributed by atoms with Gasteiger partial charge in [-0.25, -0.2) is 10.2 Å². The molecule has 3 aromatic rings. The number of amides is 1. The molecule has 1 amide bonds. The molecule has 3 rings (SSSR count). The average molecular weight is 507 g/mol. The van der Waals surface area contributed by atoms with E-state index in [0.717, 1.165) is 0 Å². The molecule has 1 unspecified atom stereocenters. The van der Waals surface area contributed by atoms with Crippen molar-refractivity contribution in [2.24, 2.45) is 5.10 Å². The van der Waals surface area contributed by atoms with Gasteiger partial charge in [-0.05, 0) is 74.0 Å². The van der Waals surface area contributed by atoms with Crippen LogP contribution in [0, 0.1) is 10.1 Å². The topological polar surface area (TPSA) is 139 Å². The number of hydrazone groups is 1. The van der Waals surface area contributed by atoms with Gasteiger partial charge in [0.1, 0.15) is 11.5 Å². The van der Waals surface area contributed by atoms with Gasteiger partial charge >= 0.3 is 5.97 Å². The molecule has 37 heavy (non-hydrogen) atoms. The molecule has 0 saturated heterocycles. The summed E-state index contributed by atoms with van der Waals surface area (Å²) in [5.74, 6) is 0.403. The van der Waals surface area contributed by atoms with E-state index in [1.165, 1.54) is 44.5 Å². The van der Waals surface area contributed by atoms with Crippen molar-refractivity contribution in [3.8, 4) is 23.0 Å². The summed E-state index contributed by atoms with van der Waals surface area (Å²) < 4.78 is 21.7. The smallest absolute Gasteiger partial charge is 0.343 e. The summed E-state index contributed by atoms with van der Waals surface area (Å²) in [6.45, 7) is 3.65. The number of nitro benzene ring substituents is 1. The van der Waals surface area contributed by atoms with E-state index in [1.54, 1.807) is 49.4 Å². The van der Waals surface area contributed by atoms with Crippen LogP contribution >= 0.6 is 0 Å². The molecule has 0 radical (unpaired) electrons. The van der Waals surface area contributed by atoms with Crippen LogP contribution in [0.4, 0.5) is 5.69 Å². The van der Waals surface area contributed by atoms with Gasteiger partial charge in [0.25, 0.3) is 11.6 Å². The molecule has 192 valence electrons. The van der Waals surface area contributed by atoms with Crippen molar-refractivity contribution >= 4 is 23.8 Å². The lowest BCUT2D eigenvalue weighted by atomic mass is 10.2. The predicted octanol–water partition coefficient (Wildman–Crippen LogP) is 4.14.